The quantitative estimate of drug-likeness (QED) is 0.331. The third-order valence-electron chi connectivity index (χ3n) is 3.15. The summed E-state index contributed by atoms with van der Waals surface area (Å²) in [6, 6.07) is 9.68. The van der Waals surface area contributed by atoms with Crippen molar-refractivity contribution in [3.05, 3.63) is 60.7 Å². The van der Waals surface area contributed by atoms with E-state index in [1.807, 2.05) is 41.2 Å². The van der Waals surface area contributed by atoms with Crippen molar-refractivity contribution in [1.29, 1.82) is 0 Å². The number of benzene rings is 1. The summed E-state index contributed by atoms with van der Waals surface area (Å²) in [5.74, 6) is 4.69. The minimum atomic E-state index is -0.267. The Balaban J connectivity index is 2.00. The Kier molecular flexibility index (Phi) is 3.34. The number of nitrogens with one attached hydrogen (secondary N) is 1. The van der Waals surface area contributed by atoms with Crippen molar-refractivity contribution >= 4 is 23.0 Å². The number of hydrogen-bond donors (Lipinski definition) is 2. The topological polar surface area (TPSA) is 85.3 Å². The van der Waals surface area contributed by atoms with Crippen molar-refractivity contribution < 1.29 is 4.79 Å². The lowest BCUT2D eigenvalue weighted by Crippen LogP contribution is -2.21. The van der Waals surface area contributed by atoms with Crippen molar-refractivity contribution in [3.63, 3.8) is 0 Å². The second kappa shape index (κ2) is 5.46. The Bertz CT molecular complexity index is 816. The minimum Gasteiger partial charge on any atom is -0.322 e. The molecule has 6 nitrogen and oxygen atoms in total. The normalized spacial score (nSPS) is 11.0. The van der Waals surface area contributed by atoms with Gasteiger partial charge in [0, 0.05) is 29.4 Å². The summed E-state index contributed by atoms with van der Waals surface area (Å²) in [6.07, 6.45) is 8.29. The molecule has 0 aliphatic carbocycles. The molecular weight excluding hydrogens is 266 g/mol. The number of fused-ring (bicyclic) bond motifs is 1. The van der Waals surface area contributed by atoms with Crippen molar-refractivity contribution in [1.82, 2.24) is 14.9 Å². The van der Waals surface area contributed by atoms with Crippen LogP contribution in [0.25, 0.3) is 16.5 Å². The van der Waals surface area contributed by atoms with Crippen LogP contribution in [0.2, 0.25) is 0 Å². The zero-order valence-electron chi connectivity index (χ0n) is 11.1. The van der Waals surface area contributed by atoms with Crippen LogP contribution in [-0.4, -0.2) is 21.8 Å². The summed E-state index contributed by atoms with van der Waals surface area (Å²) in [4.78, 5) is 16.1. The highest BCUT2D eigenvalue weighted by Crippen LogP contribution is 2.21. The van der Waals surface area contributed by atoms with Crippen LogP contribution >= 0.6 is 0 Å². The number of carbonyl (C=O) groups excluding carboxylic acids is 1. The highest BCUT2D eigenvalue weighted by atomic mass is 16.1. The van der Waals surface area contributed by atoms with E-state index < -0.39 is 0 Å². The number of hydrazone groups is 1. The van der Waals surface area contributed by atoms with E-state index in [0.29, 0.717) is 5.56 Å². The molecule has 21 heavy (non-hydrogen) atoms. The van der Waals surface area contributed by atoms with E-state index in [1.54, 1.807) is 18.5 Å². The summed E-state index contributed by atoms with van der Waals surface area (Å²) < 4.78 is 1.86. The molecule has 1 aromatic carbocycles. The molecule has 3 rings (SSSR count). The molecule has 0 radical (unpaired) electrons. The maximum absolute atomic E-state index is 11.8. The first-order valence-electron chi connectivity index (χ1n) is 6.33. The number of aromatic nitrogens is 2. The van der Waals surface area contributed by atoms with Gasteiger partial charge in [0.2, 0.25) is 0 Å². The van der Waals surface area contributed by atoms with Crippen molar-refractivity contribution in [2.45, 2.75) is 0 Å². The van der Waals surface area contributed by atoms with Crippen LogP contribution in [0.3, 0.4) is 0 Å². The first-order valence-corrected chi connectivity index (χ1v) is 6.33. The van der Waals surface area contributed by atoms with Crippen LogP contribution in [0, 0.1) is 0 Å². The van der Waals surface area contributed by atoms with Crippen LogP contribution in [-0.2, 0) is 0 Å². The van der Waals surface area contributed by atoms with E-state index in [-0.39, 0.29) is 5.91 Å². The third-order valence-corrected chi connectivity index (χ3v) is 3.15. The molecule has 0 aliphatic heterocycles. The Labute approximate surface area is 120 Å². The first-order chi connectivity index (χ1) is 10.3. The number of nitrogens with two attached hydrogens (primary N) is 1. The van der Waals surface area contributed by atoms with Gasteiger partial charge in [0.05, 0.1) is 17.4 Å². The Morgan fingerprint density at radius 3 is 3.00 bits per heavy atom. The molecule has 3 N–H and O–H groups in total. The Hall–Kier alpha value is -3.15. The molecule has 0 saturated heterocycles. The molecule has 1 amide bonds. The summed E-state index contributed by atoms with van der Waals surface area (Å²) in [6.45, 7) is 0. The number of rotatable bonds is 3. The zero-order chi connectivity index (χ0) is 14.7. The average molecular weight is 279 g/mol. The van der Waals surface area contributed by atoms with Gasteiger partial charge >= 0.3 is 0 Å². The lowest BCUT2D eigenvalue weighted by atomic mass is 10.1. The van der Waals surface area contributed by atoms with Crippen LogP contribution in [0.5, 0.6) is 0 Å². The van der Waals surface area contributed by atoms with E-state index in [0.717, 1.165) is 22.8 Å². The van der Waals surface area contributed by atoms with Crippen molar-refractivity contribution in [2.24, 2.45) is 10.9 Å². The molecule has 3 aromatic rings. The lowest BCUT2D eigenvalue weighted by molar-refractivity contribution is 0.0978. The zero-order valence-corrected chi connectivity index (χ0v) is 11.1. The van der Waals surface area contributed by atoms with Crippen molar-refractivity contribution in [3.8, 4) is 5.69 Å². The van der Waals surface area contributed by atoms with Gasteiger partial charge in [-0.25, -0.2) is 0 Å². The monoisotopic (exact) mass is 279 g/mol. The summed E-state index contributed by atoms with van der Waals surface area (Å²) in [7, 11) is 0. The van der Waals surface area contributed by atoms with Gasteiger partial charge in [-0.3, -0.25) is 9.78 Å². The van der Waals surface area contributed by atoms with E-state index in [9.17, 15) is 4.79 Å². The molecule has 2 heterocycles. The maximum atomic E-state index is 11.8. The molecule has 2 aromatic heterocycles. The fraction of sp³-hybridized carbons (Fsp3) is 0. The van der Waals surface area contributed by atoms with E-state index in [1.165, 1.54) is 0 Å². The summed E-state index contributed by atoms with van der Waals surface area (Å²) in [5.41, 5.74) is 1.43. The highest BCUT2D eigenvalue weighted by Gasteiger charge is 2.08. The van der Waals surface area contributed by atoms with Crippen LogP contribution in [0.4, 0.5) is 0 Å². The van der Waals surface area contributed by atoms with Gasteiger partial charge in [-0.05, 0) is 6.07 Å². The predicted molar refractivity (Wildman–Crippen MR) is 81.2 cm³/mol. The molecule has 0 atom stereocenters. The smallest absolute Gasteiger partial charge is 0.257 e. The number of hydrogen-bond acceptors (Lipinski definition) is 4. The van der Waals surface area contributed by atoms with Gasteiger partial charge in [0.15, 0.2) is 0 Å². The number of pyridine rings is 1. The standard InChI is InChI=1S/C15H13N5O/c16-19-10-18-15(21)12-5-6-20(9-12)14-8-17-7-11-3-1-2-4-13(11)14/h1-10H,16H2,(H,18,19,21). The molecule has 0 unspecified atom stereocenters. The lowest BCUT2D eigenvalue weighted by Gasteiger charge is -2.06. The molecule has 0 saturated carbocycles. The molecule has 6 heteroatoms. The number of nitrogens with zero attached hydrogens (tertiary/aromatic N) is 3. The van der Waals surface area contributed by atoms with E-state index in [2.05, 4.69) is 15.4 Å². The SMILES string of the molecule is NN=CNC(=O)c1ccn(-c2cncc3ccccc23)c1. The Morgan fingerprint density at radius 2 is 2.14 bits per heavy atom. The second-order valence-corrected chi connectivity index (χ2v) is 4.44. The maximum Gasteiger partial charge on any atom is 0.257 e. The fourth-order valence-electron chi connectivity index (χ4n) is 2.17. The Morgan fingerprint density at radius 1 is 1.29 bits per heavy atom. The van der Waals surface area contributed by atoms with Gasteiger partial charge in [0.1, 0.15) is 6.34 Å². The first kappa shape index (κ1) is 12.9. The van der Waals surface area contributed by atoms with Gasteiger partial charge in [-0.1, -0.05) is 24.3 Å². The van der Waals surface area contributed by atoms with Crippen LogP contribution < -0.4 is 11.2 Å². The molecule has 0 spiro atoms. The third kappa shape index (κ3) is 2.46. The van der Waals surface area contributed by atoms with Gasteiger partial charge in [-0.2, -0.15) is 5.10 Å². The molecular formula is C15H13N5O. The summed E-state index contributed by atoms with van der Waals surface area (Å²) in [5, 5.41) is 7.81. The molecule has 0 fully saturated rings. The molecule has 0 bridgehead atoms. The number of amides is 1. The van der Waals surface area contributed by atoms with E-state index in [4.69, 9.17) is 5.84 Å². The predicted octanol–water partition coefficient (Wildman–Crippen LogP) is 1.66. The number of carbonyl (C=O) groups is 1. The van der Waals surface area contributed by atoms with Crippen LogP contribution in [0.1, 0.15) is 10.4 Å². The molecule has 104 valence electrons. The van der Waals surface area contributed by atoms with Crippen molar-refractivity contribution in [2.75, 3.05) is 0 Å². The highest BCUT2D eigenvalue weighted by molar-refractivity contribution is 6.00. The minimum absolute atomic E-state index is 0.267. The summed E-state index contributed by atoms with van der Waals surface area (Å²) >= 11 is 0. The van der Waals surface area contributed by atoms with E-state index >= 15 is 0 Å². The largest absolute Gasteiger partial charge is 0.322 e. The molecule has 0 aliphatic rings. The van der Waals surface area contributed by atoms with Gasteiger partial charge in [0.25, 0.3) is 5.91 Å². The second-order valence-electron chi connectivity index (χ2n) is 4.44. The average Bonchev–Trinajstić information content (AvgIpc) is 3.02. The van der Waals surface area contributed by atoms with Gasteiger partial charge in [-0.15, -0.1) is 0 Å². The fourth-order valence-corrected chi connectivity index (χ4v) is 2.17. The van der Waals surface area contributed by atoms with Gasteiger partial charge < -0.3 is 15.7 Å². The van der Waals surface area contributed by atoms with Crippen LogP contribution in [0.15, 0.2) is 60.2 Å².